The molecule has 0 spiro atoms. The first kappa shape index (κ1) is 48.7. The summed E-state index contributed by atoms with van der Waals surface area (Å²) in [5, 5.41) is 0. The summed E-state index contributed by atoms with van der Waals surface area (Å²) < 4.78 is 34.8. The Morgan fingerprint density at radius 2 is 1.10 bits per heavy atom. The van der Waals surface area contributed by atoms with Gasteiger partial charge in [0.2, 0.25) is 0 Å². The minimum absolute atomic E-state index is 0.0860. The molecule has 9 heteroatoms. The Labute approximate surface area is 308 Å². The number of phosphoric ester groups is 1. The van der Waals surface area contributed by atoms with Crippen LogP contribution < -0.4 is 0 Å². The summed E-state index contributed by atoms with van der Waals surface area (Å²) in [6.07, 6.45) is 38.8. The van der Waals surface area contributed by atoms with Gasteiger partial charge in [-0.2, -0.15) is 0 Å². The summed E-state index contributed by atoms with van der Waals surface area (Å²) in [7, 11) is 1.66. The molecule has 0 radical (unpaired) electrons. The van der Waals surface area contributed by atoms with Gasteiger partial charge in [-0.25, -0.2) is 4.57 Å². The van der Waals surface area contributed by atoms with Gasteiger partial charge in [0.15, 0.2) is 0 Å². The minimum atomic E-state index is -4.27. The van der Waals surface area contributed by atoms with Crippen LogP contribution in [0.25, 0.3) is 0 Å². The van der Waals surface area contributed by atoms with Gasteiger partial charge in [-0.3, -0.25) is 13.8 Å². The zero-order valence-corrected chi connectivity index (χ0v) is 34.0. The lowest BCUT2D eigenvalue weighted by Crippen LogP contribution is -2.37. The number of carbonyl (C=O) groups is 1. The van der Waals surface area contributed by atoms with Crippen molar-refractivity contribution in [3.05, 3.63) is 36.5 Å². The Morgan fingerprint density at radius 1 is 0.620 bits per heavy atom. The lowest BCUT2D eigenvalue weighted by Gasteiger charge is -2.24. The third kappa shape index (κ3) is 38.0. The van der Waals surface area contributed by atoms with Crippen molar-refractivity contribution in [3.63, 3.8) is 0 Å². The average molecular weight is 729 g/mol. The van der Waals surface area contributed by atoms with E-state index < -0.39 is 13.9 Å². The van der Waals surface area contributed by atoms with Gasteiger partial charge in [-0.15, -0.1) is 0 Å². The van der Waals surface area contributed by atoms with Crippen LogP contribution >= 0.6 is 7.82 Å². The lowest BCUT2D eigenvalue weighted by atomic mass is 10.1. The van der Waals surface area contributed by atoms with Crippen molar-refractivity contribution in [1.82, 2.24) is 0 Å². The molecule has 8 nitrogen and oxygen atoms in total. The van der Waals surface area contributed by atoms with E-state index in [-0.39, 0.29) is 25.8 Å². The number of carbonyl (C=O) groups excluding carboxylic acids is 1. The standard InChI is InChI=1S/C41H78NO7P/c1-6-8-10-12-14-16-17-18-19-20-21-22-23-24-25-26-28-30-32-34-41(43)49-40(39-48-50(44,45)47-37-35-42(3,4)5)38-46-36-33-31-29-27-15-13-11-9-7-2/h14,16,18-19,21-22,40H,6-13,15,17,20,23-39H2,1-5H3/p+1/b16-14-,19-18-,22-21-. The molecular weight excluding hydrogens is 649 g/mol. The largest absolute Gasteiger partial charge is 0.472 e. The van der Waals surface area contributed by atoms with Crippen molar-refractivity contribution in [2.45, 2.75) is 168 Å². The first-order valence-electron chi connectivity index (χ1n) is 20.2. The molecule has 0 bridgehead atoms. The highest BCUT2D eigenvalue weighted by Crippen LogP contribution is 2.43. The molecule has 1 N–H and O–H groups in total. The summed E-state index contributed by atoms with van der Waals surface area (Å²) in [6.45, 7) is 5.56. The van der Waals surface area contributed by atoms with Crippen LogP contribution in [-0.4, -0.2) is 75.6 Å². The lowest BCUT2D eigenvalue weighted by molar-refractivity contribution is -0.870. The molecule has 0 aliphatic heterocycles. The molecule has 2 unspecified atom stereocenters. The van der Waals surface area contributed by atoms with Gasteiger partial charge < -0.3 is 18.9 Å². The number of unbranched alkanes of at least 4 members (excludes halogenated alkanes) is 17. The molecular formula is C41H79NO7P+. The number of likely N-dealkylation sites (N-methyl/N-ethyl adjacent to an activating group) is 1. The topological polar surface area (TPSA) is 91.3 Å². The molecule has 0 saturated heterocycles. The fraction of sp³-hybridized carbons (Fsp3) is 0.829. The highest BCUT2D eigenvalue weighted by Gasteiger charge is 2.26. The number of quaternary nitrogens is 1. The third-order valence-electron chi connectivity index (χ3n) is 8.45. The third-order valence-corrected chi connectivity index (χ3v) is 9.44. The van der Waals surface area contributed by atoms with E-state index >= 15 is 0 Å². The predicted molar refractivity (Wildman–Crippen MR) is 210 cm³/mol. The van der Waals surface area contributed by atoms with Gasteiger partial charge in [-0.1, -0.05) is 140 Å². The molecule has 0 saturated carbocycles. The van der Waals surface area contributed by atoms with Crippen molar-refractivity contribution >= 4 is 13.8 Å². The van der Waals surface area contributed by atoms with E-state index in [1.165, 1.54) is 83.5 Å². The maximum absolute atomic E-state index is 12.6. The molecule has 0 aromatic rings. The van der Waals surface area contributed by atoms with Gasteiger partial charge in [0.1, 0.15) is 19.3 Å². The Balaban J connectivity index is 4.24. The molecule has 0 aromatic heterocycles. The number of esters is 1. The Bertz CT molecular complexity index is 900. The highest BCUT2D eigenvalue weighted by atomic mass is 31.2. The monoisotopic (exact) mass is 729 g/mol. The minimum Gasteiger partial charge on any atom is -0.457 e. The van der Waals surface area contributed by atoms with Crippen LogP contribution in [0.3, 0.4) is 0 Å². The van der Waals surface area contributed by atoms with Crippen LogP contribution in [-0.2, 0) is 27.9 Å². The van der Waals surface area contributed by atoms with E-state index in [4.69, 9.17) is 18.5 Å². The summed E-state index contributed by atoms with van der Waals surface area (Å²) >= 11 is 0. The molecule has 0 heterocycles. The number of hydrogen-bond donors (Lipinski definition) is 1. The molecule has 0 rings (SSSR count). The quantitative estimate of drug-likeness (QED) is 0.0224. The van der Waals surface area contributed by atoms with Crippen LogP contribution in [0, 0.1) is 0 Å². The fourth-order valence-electron chi connectivity index (χ4n) is 5.26. The maximum Gasteiger partial charge on any atom is 0.472 e. The summed E-state index contributed by atoms with van der Waals surface area (Å²) in [5.74, 6) is -0.328. The number of nitrogens with zero attached hydrogens (tertiary/aromatic N) is 1. The molecule has 50 heavy (non-hydrogen) atoms. The van der Waals surface area contributed by atoms with Gasteiger partial charge in [0.25, 0.3) is 0 Å². The first-order chi connectivity index (χ1) is 24.1. The van der Waals surface area contributed by atoms with E-state index in [0.29, 0.717) is 24.1 Å². The van der Waals surface area contributed by atoms with E-state index in [9.17, 15) is 14.3 Å². The second kappa shape index (κ2) is 34.8. The van der Waals surface area contributed by atoms with Crippen LogP contribution in [0.4, 0.5) is 0 Å². The normalized spacial score (nSPS) is 14.3. The summed E-state index contributed by atoms with van der Waals surface area (Å²) in [6, 6.07) is 0. The maximum atomic E-state index is 12.6. The molecule has 2 atom stereocenters. The zero-order chi connectivity index (χ0) is 37.0. The van der Waals surface area contributed by atoms with E-state index in [0.717, 1.165) is 57.8 Å². The second-order valence-corrected chi connectivity index (χ2v) is 16.1. The number of allylic oxidation sites excluding steroid dienone is 6. The van der Waals surface area contributed by atoms with E-state index in [2.05, 4.69) is 50.3 Å². The van der Waals surface area contributed by atoms with Crippen molar-refractivity contribution < 1.29 is 37.3 Å². The highest BCUT2D eigenvalue weighted by molar-refractivity contribution is 7.47. The van der Waals surface area contributed by atoms with Crippen LogP contribution in [0.1, 0.15) is 162 Å². The average Bonchev–Trinajstić information content (AvgIpc) is 3.06. The second-order valence-electron chi connectivity index (χ2n) is 14.7. The van der Waals surface area contributed by atoms with Crippen molar-refractivity contribution in [2.75, 3.05) is 54.1 Å². The summed E-state index contributed by atoms with van der Waals surface area (Å²) in [4.78, 5) is 22.8. The van der Waals surface area contributed by atoms with Crippen molar-refractivity contribution in [2.24, 2.45) is 0 Å². The molecule has 0 aliphatic rings. The zero-order valence-electron chi connectivity index (χ0n) is 33.1. The van der Waals surface area contributed by atoms with Gasteiger partial charge in [-0.05, 0) is 51.4 Å². The van der Waals surface area contributed by atoms with Crippen LogP contribution in [0.2, 0.25) is 0 Å². The predicted octanol–water partition coefficient (Wildman–Crippen LogP) is 11.4. The molecule has 0 aromatic carbocycles. The SMILES string of the molecule is CCCCC/C=C\C/C=C\C/C=C\CCCCCCCCC(=O)OC(COCCCCCCCCCCC)COP(=O)(O)OCC[N+](C)(C)C. The number of ether oxygens (including phenoxy) is 2. The van der Waals surface area contributed by atoms with Gasteiger partial charge in [0.05, 0.1) is 34.4 Å². The van der Waals surface area contributed by atoms with Crippen molar-refractivity contribution in [1.29, 1.82) is 0 Å². The van der Waals surface area contributed by atoms with Crippen LogP contribution in [0.5, 0.6) is 0 Å². The fourth-order valence-corrected chi connectivity index (χ4v) is 6.01. The van der Waals surface area contributed by atoms with E-state index in [1.807, 2.05) is 21.1 Å². The van der Waals surface area contributed by atoms with Gasteiger partial charge >= 0.3 is 13.8 Å². The first-order valence-corrected chi connectivity index (χ1v) is 21.7. The molecule has 0 fully saturated rings. The Hall–Kier alpha value is -1.28. The summed E-state index contributed by atoms with van der Waals surface area (Å²) in [5.41, 5.74) is 0. The number of hydrogen-bond acceptors (Lipinski definition) is 6. The smallest absolute Gasteiger partial charge is 0.457 e. The Morgan fingerprint density at radius 3 is 1.68 bits per heavy atom. The Kier molecular flexibility index (Phi) is 33.9. The number of phosphoric acid groups is 1. The molecule has 294 valence electrons. The molecule has 0 aliphatic carbocycles. The van der Waals surface area contributed by atoms with Crippen molar-refractivity contribution in [3.8, 4) is 0 Å². The van der Waals surface area contributed by atoms with Gasteiger partial charge in [0, 0.05) is 13.0 Å². The molecule has 0 amide bonds. The van der Waals surface area contributed by atoms with Crippen LogP contribution in [0.15, 0.2) is 36.5 Å². The number of rotatable bonds is 37. The van der Waals surface area contributed by atoms with E-state index in [1.54, 1.807) is 0 Å².